The van der Waals surface area contributed by atoms with Crippen LogP contribution in [0.5, 0.6) is 5.75 Å². The normalized spacial score (nSPS) is 13.9. The van der Waals surface area contributed by atoms with E-state index in [1.807, 2.05) is 26.0 Å². The van der Waals surface area contributed by atoms with E-state index in [2.05, 4.69) is 19.2 Å². The van der Waals surface area contributed by atoms with Crippen molar-refractivity contribution in [3.05, 3.63) is 29.3 Å². The summed E-state index contributed by atoms with van der Waals surface area (Å²) in [6, 6.07) is 5.59. The maximum Gasteiger partial charge on any atom is 0.258 e. The van der Waals surface area contributed by atoms with E-state index >= 15 is 0 Å². The van der Waals surface area contributed by atoms with E-state index in [1.165, 1.54) is 0 Å². The first-order valence-corrected chi connectivity index (χ1v) is 7.02. The van der Waals surface area contributed by atoms with Gasteiger partial charge in [-0.3, -0.25) is 4.79 Å². The topological polar surface area (TPSA) is 58.6 Å². The highest BCUT2D eigenvalue weighted by molar-refractivity contribution is 5.77. The zero-order chi connectivity index (χ0) is 15.3. The molecule has 1 unspecified atom stereocenters. The molecule has 0 fully saturated rings. The Bertz CT molecular complexity index is 455. The number of carbonyl (C=O) groups excluding carboxylic acids is 1. The van der Waals surface area contributed by atoms with Gasteiger partial charge in [-0.2, -0.15) is 0 Å². The first-order chi connectivity index (χ1) is 9.31. The number of rotatable bonds is 6. The number of carbonyl (C=O) groups is 1. The number of hydrogen-bond donors (Lipinski definition) is 2. The number of aliphatic hydroxyl groups excluding tert-OH is 1. The second-order valence-electron chi connectivity index (χ2n) is 5.59. The summed E-state index contributed by atoms with van der Waals surface area (Å²) < 4.78 is 5.52. The highest BCUT2D eigenvalue weighted by Crippen LogP contribution is 2.22. The Morgan fingerprint density at radius 1 is 1.30 bits per heavy atom. The van der Waals surface area contributed by atoms with Crippen LogP contribution in [0.25, 0.3) is 0 Å². The fourth-order valence-electron chi connectivity index (χ4n) is 1.70. The van der Waals surface area contributed by atoms with E-state index in [4.69, 9.17) is 4.74 Å². The van der Waals surface area contributed by atoms with Crippen molar-refractivity contribution in [3.8, 4) is 5.75 Å². The Balaban J connectivity index is 2.56. The zero-order valence-electron chi connectivity index (χ0n) is 12.9. The summed E-state index contributed by atoms with van der Waals surface area (Å²) in [7, 11) is 0. The second kappa shape index (κ2) is 7.29. The molecule has 1 aromatic carbocycles. The highest BCUT2D eigenvalue weighted by atomic mass is 16.5. The molecular formula is C16H25NO3. The summed E-state index contributed by atoms with van der Waals surface area (Å²) in [6.07, 6.45) is -0.502. The summed E-state index contributed by atoms with van der Waals surface area (Å²) in [4.78, 5) is 11.7. The van der Waals surface area contributed by atoms with E-state index in [9.17, 15) is 9.90 Å². The fraction of sp³-hybridized carbons (Fsp3) is 0.562. The van der Waals surface area contributed by atoms with Crippen molar-refractivity contribution in [3.63, 3.8) is 0 Å². The Labute approximate surface area is 121 Å². The smallest absolute Gasteiger partial charge is 0.258 e. The van der Waals surface area contributed by atoms with Crippen LogP contribution in [0.1, 0.15) is 44.9 Å². The lowest BCUT2D eigenvalue weighted by Crippen LogP contribution is -2.39. The molecule has 112 valence electrons. The lowest BCUT2D eigenvalue weighted by atomic mass is 10.1. The predicted molar refractivity (Wildman–Crippen MR) is 79.8 cm³/mol. The minimum atomic E-state index is -0.502. The van der Waals surface area contributed by atoms with Gasteiger partial charge in [0, 0.05) is 6.04 Å². The molecule has 4 nitrogen and oxygen atoms in total. The van der Waals surface area contributed by atoms with Gasteiger partial charge in [-0.25, -0.2) is 0 Å². The molecule has 0 aliphatic rings. The van der Waals surface area contributed by atoms with E-state index in [0.29, 0.717) is 11.7 Å². The maximum atomic E-state index is 11.7. The molecule has 1 amide bonds. The van der Waals surface area contributed by atoms with Gasteiger partial charge in [-0.05, 0) is 49.9 Å². The van der Waals surface area contributed by atoms with E-state index < -0.39 is 6.10 Å². The van der Waals surface area contributed by atoms with Crippen LogP contribution in [0.15, 0.2) is 18.2 Å². The molecule has 4 heteroatoms. The number of aliphatic hydroxyl groups is 1. The van der Waals surface area contributed by atoms with Crippen LogP contribution < -0.4 is 10.1 Å². The highest BCUT2D eigenvalue weighted by Gasteiger charge is 2.12. The van der Waals surface area contributed by atoms with Crippen molar-refractivity contribution < 1.29 is 14.6 Å². The van der Waals surface area contributed by atoms with Crippen molar-refractivity contribution in [1.82, 2.24) is 5.32 Å². The van der Waals surface area contributed by atoms with Crippen molar-refractivity contribution in [2.24, 2.45) is 5.92 Å². The van der Waals surface area contributed by atoms with Crippen LogP contribution in [-0.2, 0) is 4.79 Å². The first-order valence-electron chi connectivity index (χ1n) is 7.02. The number of benzene rings is 1. The molecule has 0 bridgehead atoms. The Kier molecular flexibility index (Phi) is 6.02. The van der Waals surface area contributed by atoms with Crippen molar-refractivity contribution in [1.29, 1.82) is 0 Å². The lowest BCUT2D eigenvalue weighted by Gasteiger charge is -2.18. The second-order valence-corrected chi connectivity index (χ2v) is 5.59. The van der Waals surface area contributed by atoms with Crippen LogP contribution in [0.3, 0.4) is 0 Å². The third kappa shape index (κ3) is 4.85. The molecule has 0 aliphatic heterocycles. The molecule has 0 saturated carbocycles. The minimum Gasteiger partial charge on any atom is -0.484 e. The van der Waals surface area contributed by atoms with Crippen LogP contribution in [0.4, 0.5) is 0 Å². The molecule has 0 saturated heterocycles. The third-order valence-corrected chi connectivity index (χ3v) is 3.43. The average Bonchev–Trinajstić information content (AvgIpc) is 2.36. The third-order valence-electron chi connectivity index (χ3n) is 3.43. The average molecular weight is 279 g/mol. The molecule has 0 aromatic heterocycles. The summed E-state index contributed by atoms with van der Waals surface area (Å²) in [6.45, 7) is 9.72. The van der Waals surface area contributed by atoms with Gasteiger partial charge < -0.3 is 15.2 Å². The number of aryl methyl sites for hydroxylation is 1. The van der Waals surface area contributed by atoms with Crippen molar-refractivity contribution >= 4 is 5.91 Å². The number of ether oxygens (including phenoxy) is 1. The number of nitrogens with one attached hydrogen (secondary N) is 1. The van der Waals surface area contributed by atoms with Gasteiger partial charge in [0.05, 0.1) is 6.10 Å². The van der Waals surface area contributed by atoms with E-state index in [0.717, 1.165) is 11.1 Å². The van der Waals surface area contributed by atoms with Crippen LogP contribution in [-0.4, -0.2) is 23.7 Å². The van der Waals surface area contributed by atoms with Gasteiger partial charge in [0.25, 0.3) is 5.91 Å². The quantitative estimate of drug-likeness (QED) is 0.841. The Morgan fingerprint density at radius 3 is 2.45 bits per heavy atom. The Hall–Kier alpha value is -1.55. The molecule has 0 heterocycles. The first kappa shape index (κ1) is 16.5. The lowest BCUT2D eigenvalue weighted by molar-refractivity contribution is -0.124. The van der Waals surface area contributed by atoms with Gasteiger partial charge in [-0.15, -0.1) is 0 Å². The summed E-state index contributed by atoms with van der Waals surface area (Å²) in [5, 5.41) is 12.4. The molecule has 0 radical (unpaired) electrons. The van der Waals surface area contributed by atoms with Crippen LogP contribution >= 0.6 is 0 Å². The van der Waals surface area contributed by atoms with Gasteiger partial charge in [0.15, 0.2) is 6.61 Å². The minimum absolute atomic E-state index is 0.00588. The molecule has 2 atom stereocenters. The van der Waals surface area contributed by atoms with E-state index in [1.54, 1.807) is 13.0 Å². The largest absolute Gasteiger partial charge is 0.484 e. The van der Waals surface area contributed by atoms with E-state index in [-0.39, 0.29) is 18.6 Å². The van der Waals surface area contributed by atoms with Gasteiger partial charge in [0.2, 0.25) is 0 Å². The van der Waals surface area contributed by atoms with Gasteiger partial charge >= 0.3 is 0 Å². The summed E-state index contributed by atoms with van der Waals surface area (Å²) in [5.74, 6) is 0.943. The summed E-state index contributed by atoms with van der Waals surface area (Å²) >= 11 is 0. The monoisotopic (exact) mass is 279 g/mol. The zero-order valence-corrected chi connectivity index (χ0v) is 12.9. The maximum absolute atomic E-state index is 11.7. The molecule has 0 aliphatic carbocycles. The molecule has 1 aromatic rings. The van der Waals surface area contributed by atoms with Gasteiger partial charge in [0.1, 0.15) is 5.75 Å². The molecule has 2 N–H and O–H groups in total. The Morgan fingerprint density at radius 2 is 1.95 bits per heavy atom. The van der Waals surface area contributed by atoms with Gasteiger partial charge in [-0.1, -0.05) is 19.9 Å². The van der Waals surface area contributed by atoms with Crippen molar-refractivity contribution in [2.75, 3.05) is 6.61 Å². The molecule has 20 heavy (non-hydrogen) atoms. The van der Waals surface area contributed by atoms with Crippen LogP contribution in [0.2, 0.25) is 0 Å². The fourth-order valence-corrected chi connectivity index (χ4v) is 1.70. The number of amides is 1. The number of hydrogen-bond acceptors (Lipinski definition) is 3. The SMILES string of the molecule is Cc1cc([C@@H](C)O)ccc1OCC(=O)NC(C)C(C)C. The standard InChI is InChI=1S/C16H25NO3/c1-10(2)12(4)17-16(19)9-20-15-7-6-14(13(5)18)8-11(15)3/h6-8,10,12-13,18H,9H2,1-5H3,(H,17,19)/t12?,13-/m1/s1. The molecule has 1 rings (SSSR count). The predicted octanol–water partition coefficient (Wildman–Crippen LogP) is 2.59. The van der Waals surface area contributed by atoms with Crippen LogP contribution in [0, 0.1) is 12.8 Å². The van der Waals surface area contributed by atoms with Crippen molar-refractivity contribution in [2.45, 2.75) is 46.8 Å². The summed E-state index contributed by atoms with van der Waals surface area (Å²) in [5.41, 5.74) is 1.75. The molecule has 0 spiro atoms. The molecular weight excluding hydrogens is 254 g/mol.